The summed E-state index contributed by atoms with van der Waals surface area (Å²) in [6.07, 6.45) is 13.1. The van der Waals surface area contributed by atoms with Crippen LogP contribution in [0.3, 0.4) is 0 Å². The van der Waals surface area contributed by atoms with Gasteiger partial charge in [-0.15, -0.1) is 0 Å². The molecule has 2 heterocycles. The lowest BCUT2D eigenvalue weighted by Crippen LogP contribution is -2.25. The van der Waals surface area contributed by atoms with Gasteiger partial charge in [0, 0.05) is 29.4 Å². The molecule has 1 saturated heterocycles. The average Bonchev–Trinajstić information content (AvgIpc) is 2.82. The minimum Gasteiger partial charge on any atom is -0.377 e. The third-order valence-corrected chi connectivity index (χ3v) is 7.30. The Labute approximate surface area is 184 Å². The van der Waals surface area contributed by atoms with Crippen LogP contribution in [0.2, 0.25) is 0 Å². The van der Waals surface area contributed by atoms with E-state index in [9.17, 15) is 8.78 Å². The molecule has 0 N–H and O–H groups in total. The maximum absolute atomic E-state index is 15.0. The SMILES string of the molecule is CCCC1CCC(c2ncc(-c3ccc(C4CCC(CC)CC4)c(F)c3F)cn2)CO1. The van der Waals surface area contributed by atoms with Crippen molar-refractivity contribution in [3.05, 3.63) is 47.5 Å². The van der Waals surface area contributed by atoms with Gasteiger partial charge in [0.05, 0.1) is 12.7 Å². The lowest BCUT2D eigenvalue weighted by molar-refractivity contribution is -0.00267. The smallest absolute Gasteiger partial charge is 0.167 e. The van der Waals surface area contributed by atoms with Gasteiger partial charge in [-0.2, -0.15) is 0 Å². The van der Waals surface area contributed by atoms with Gasteiger partial charge >= 0.3 is 0 Å². The highest BCUT2D eigenvalue weighted by Crippen LogP contribution is 2.39. The topological polar surface area (TPSA) is 35.0 Å². The number of halogens is 2. The van der Waals surface area contributed by atoms with E-state index in [1.54, 1.807) is 24.5 Å². The molecule has 2 fully saturated rings. The van der Waals surface area contributed by atoms with Crippen molar-refractivity contribution in [3.63, 3.8) is 0 Å². The predicted octanol–water partition coefficient (Wildman–Crippen LogP) is 7.17. The first-order valence-corrected chi connectivity index (χ1v) is 12.0. The maximum atomic E-state index is 15.0. The van der Waals surface area contributed by atoms with E-state index < -0.39 is 11.6 Å². The summed E-state index contributed by atoms with van der Waals surface area (Å²) in [6.45, 7) is 5.00. The summed E-state index contributed by atoms with van der Waals surface area (Å²) in [6, 6.07) is 3.46. The first-order chi connectivity index (χ1) is 15.1. The monoisotopic (exact) mass is 428 g/mol. The quantitative estimate of drug-likeness (QED) is 0.489. The molecule has 0 radical (unpaired) electrons. The van der Waals surface area contributed by atoms with Crippen LogP contribution in [0.4, 0.5) is 8.78 Å². The number of aromatic nitrogens is 2. The van der Waals surface area contributed by atoms with Crippen LogP contribution in [-0.4, -0.2) is 22.7 Å². The second-order valence-electron chi connectivity index (χ2n) is 9.30. The highest BCUT2D eigenvalue weighted by Gasteiger charge is 2.27. The summed E-state index contributed by atoms with van der Waals surface area (Å²) in [7, 11) is 0. The van der Waals surface area contributed by atoms with Gasteiger partial charge in [0.2, 0.25) is 0 Å². The molecule has 1 aliphatic carbocycles. The van der Waals surface area contributed by atoms with Crippen LogP contribution in [0.5, 0.6) is 0 Å². The first-order valence-electron chi connectivity index (χ1n) is 12.0. The van der Waals surface area contributed by atoms with Gasteiger partial charge in [0.25, 0.3) is 0 Å². The Kier molecular flexibility index (Phi) is 7.31. The van der Waals surface area contributed by atoms with Crippen molar-refractivity contribution in [3.8, 4) is 11.1 Å². The van der Waals surface area contributed by atoms with E-state index in [-0.39, 0.29) is 17.4 Å². The molecular formula is C26H34F2N2O. The van der Waals surface area contributed by atoms with Gasteiger partial charge in [0.15, 0.2) is 11.6 Å². The summed E-state index contributed by atoms with van der Waals surface area (Å²) in [5.41, 5.74) is 1.27. The molecule has 0 bridgehead atoms. The fourth-order valence-corrected chi connectivity index (χ4v) is 5.23. The fourth-order valence-electron chi connectivity index (χ4n) is 5.23. The Balaban J connectivity index is 1.45. The van der Waals surface area contributed by atoms with E-state index in [4.69, 9.17) is 4.74 Å². The molecule has 1 aromatic heterocycles. The molecule has 1 saturated carbocycles. The van der Waals surface area contributed by atoms with Crippen molar-refractivity contribution in [2.24, 2.45) is 5.92 Å². The molecule has 3 nitrogen and oxygen atoms in total. The van der Waals surface area contributed by atoms with Crippen LogP contribution >= 0.6 is 0 Å². The molecule has 4 rings (SSSR count). The van der Waals surface area contributed by atoms with Crippen LogP contribution in [0.1, 0.15) is 94.9 Å². The van der Waals surface area contributed by atoms with Crippen molar-refractivity contribution in [2.75, 3.05) is 6.61 Å². The maximum Gasteiger partial charge on any atom is 0.167 e. The molecule has 5 heteroatoms. The predicted molar refractivity (Wildman–Crippen MR) is 119 cm³/mol. The van der Waals surface area contributed by atoms with Crippen LogP contribution in [0.25, 0.3) is 11.1 Å². The Bertz CT molecular complexity index is 854. The lowest BCUT2D eigenvalue weighted by atomic mass is 9.77. The Morgan fingerprint density at radius 1 is 0.903 bits per heavy atom. The van der Waals surface area contributed by atoms with E-state index in [1.165, 1.54) is 6.42 Å². The van der Waals surface area contributed by atoms with Crippen molar-refractivity contribution < 1.29 is 13.5 Å². The van der Waals surface area contributed by atoms with Crippen LogP contribution < -0.4 is 0 Å². The van der Waals surface area contributed by atoms with Crippen molar-refractivity contribution in [1.29, 1.82) is 0 Å². The number of benzene rings is 1. The minimum atomic E-state index is -0.783. The molecule has 2 aliphatic rings. The molecule has 2 atom stereocenters. The Morgan fingerprint density at radius 3 is 2.23 bits per heavy atom. The van der Waals surface area contributed by atoms with Crippen molar-refractivity contribution >= 4 is 0 Å². The number of hydrogen-bond donors (Lipinski definition) is 0. The Morgan fingerprint density at radius 2 is 1.61 bits per heavy atom. The van der Waals surface area contributed by atoms with Gasteiger partial charge in [-0.25, -0.2) is 18.7 Å². The second kappa shape index (κ2) is 10.2. The number of rotatable bonds is 6. The average molecular weight is 429 g/mol. The normalized spacial score (nSPS) is 26.7. The lowest BCUT2D eigenvalue weighted by Gasteiger charge is -2.28. The molecule has 0 amide bonds. The van der Waals surface area contributed by atoms with Gasteiger partial charge in [0.1, 0.15) is 5.82 Å². The zero-order chi connectivity index (χ0) is 21.8. The van der Waals surface area contributed by atoms with Gasteiger partial charge in [-0.3, -0.25) is 0 Å². The number of nitrogens with zero attached hydrogens (tertiary/aromatic N) is 2. The molecular weight excluding hydrogens is 394 g/mol. The minimum absolute atomic E-state index is 0.118. The highest BCUT2D eigenvalue weighted by molar-refractivity contribution is 5.63. The summed E-state index contributed by atoms with van der Waals surface area (Å²) in [5, 5.41) is 0. The summed E-state index contributed by atoms with van der Waals surface area (Å²) in [5.74, 6) is 0.256. The third-order valence-electron chi connectivity index (χ3n) is 7.30. The van der Waals surface area contributed by atoms with Crippen molar-refractivity contribution in [2.45, 2.75) is 89.6 Å². The largest absolute Gasteiger partial charge is 0.377 e. The van der Waals surface area contributed by atoms with E-state index in [1.807, 2.05) is 0 Å². The Hall–Kier alpha value is -1.88. The van der Waals surface area contributed by atoms with Gasteiger partial charge in [-0.1, -0.05) is 38.8 Å². The van der Waals surface area contributed by atoms with E-state index >= 15 is 0 Å². The number of ether oxygens (including phenoxy) is 1. The first kappa shape index (κ1) is 22.3. The van der Waals surface area contributed by atoms with Crippen molar-refractivity contribution in [1.82, 2.24) is 9.97 Å². The zero-order valence-electron chi connectivity index (χ0n) is 18.7. The van der Waals surface area contributed by atoms with Crippen LogP contribution in [0.15, 0.2) is 24.5 Å². The molecule has 2 aromatic rings. The molecule has 1 aromatic carbocycles. The molecule has 1 aliphatic heterocycles. The highest BCUT2D eigenvalue weighted by atomic mass is 19.2. The van der Waals surface area contributed by atoms with E-state index in [0.29, 0.717) is 23.8 Å². The summed E-state index contributed by atoms with van der Waals surface area (Å²) >= 11 is 0. The van der Waals surface area contributed by atoms with Gasteiger partial charge in [-0.05, 0) is 62.3 Å². The van der Waals surface area contributed by atoms with E-state index in [0.717, 1.165) is 63.1 Å². The molecule has 0 spiro atoms. The summed E-state index contributed by atoms with van der Waals surface area (Å²) in [4.78, 5) is 8.94. The zero-order valence-corrected chi connectivity index (χ0v) is 18.7. The molecule has 31 heavy (non-hydrogen) atoms. The molecule has 168 valence electrons. The van der Waals surface area contributed by atoms with Crippen LogP contribution in [-0.2, 0) is 4.74 Å². The van der Waals surface area contributed by atoms with Crippen LogP contribution in [0, 0.1) is 17.6 Å². The molecule has 2 unspecified atom stereocenters. The third kappa shape index (κ3) is 4.97. The fraction of sp³-hybridized carbons (Fsp3) is 0.615. The number of hydrogen-bond acceptors (Lipinski definition) is 3. The van der Waals surface area contributed by atoms with Gasteiger partial charge < -0.3 is 4.74 Å². The van der Waals surface area contributed by atoms with E-state index in [2.05, 4.69) is 23.8 Å². The second-order valence-corrected chi connectivity index (χ2v) is 9.30. The standard InChI is InChI=1S/C26H34F2N2O/c1-3-5-21-11-10-19(16-31-21)26-29-14-20(15-30-26)23-13-12-22(24(27)25(23)28)18-8-6-17(4-2)7-9-18/h12-15,17-19,21H,3-11,16H2,1-2H3. The summed E-state index contributed by atoms with van der Waals surface area (Å²) < 4.78 is 35.8.